The molecule has 0 heterocycles. The van der Waals surface area contributed by atoms with E-state index in [2.05, 4.69) is 0 Å². The van der Waals surface area contributed by atoms with Gasteiger partial charge in [-0.25, -0.2) is 17.5 Å². The second-order valence-electron chi connectivity index (χ2n) is 5.11. The molecule has 6 nitrogen and oxygen atoms in total. The Morgan fingerprint density at radius 3 is 2.17 bits per heavy atom. The van der Waals surface area contributed by atoms with Crippen LogP contribution in [0, 0.1) is 0 Å². The van der Waals surface area contributed by atoms with E-state index in [4.69, 9.17) is 9.47 Å². The first kappa shape index (κ1) is 18.0. The maximum atomic E-state index is 12.0. The Bertz CT molecular complexity index is 770. The van der Waals surface area contributed by atoms with Gasteiger partial charge in [0.25, 0.3) is 0 Å². The van der Waals surface area contributed by atoms with Gasteiger partial charge in [-0.05, 0) is 36.4 Å². The fourth-order valence-corrected chi connectivity index (χ4v) is 2.77. The standard InChI is InChI=1S/C17H19NO5S/c1-18(2)24(20,21)16-10-8-14(9-11-16)17(19)23-13-12-22-15-6-4-3-5-7-15/h3-11H,12-13H2,1-2H3. The molecule has 0 aliphatic heterocycles. The van der Waals surface area contributed by atoms with Crippen molar-refractivity contribution in [3.8, 4) is 5.75 Å². The molecule has 24 heavy (non-hydrogen) atoms. The molecule has 0 bridgehead atoms. The highest BCUT2D eigenvalue weighted by Gasteiger charge is 2.17. The summed E-state index contributed by atoms with van der Waals surface area (Å²) in [5, 5.41) is 0. The summed E-state index contributed by atoms with van der Waals surface area (Å²) in [4.78, 5) is 12.0. The zero-order valence-corrected chi connectivity index (χ0v) is 14.3. The van der Waals surface area contributed by atoms with Crippen LogP contribution in [0.2, 0.25) is 0 Å². The summed E-state index contributed by atoms with van der Waals surface area (Å²) in [7, 11) is -0.612. The van der Waals surface area contributed by atoms with Gasteiger partial charge in [-0.1, -0.05) is 18.2 Å². The second kappa shape index (κ2) is 7.94. The normalized spacial score (nSPS) is 11.3. The van der Waals surface area contributed by atoms with Gasteiger partial charge in [0.1, 0.15) is 19.0 Å². The van der Waals surface area contributed by atoms with Gasteiger partial charge in [0.2, 0.25) is 10.0 Å². The van der Waals surface area contributed by atoms with Crippen molar-refractivity contribution in [2.45, 2.75) is 4.90 Å². The molecule has 7 heteroatoms. The molecule has 2 rings (SSSR count). The fourth-order valence-electron chi connectivity index (χ4n) is 1.87. The van der Waals surface area contributed by atoms with Crippen LogP contribution in [0.25, 0.3) is 0 Å². The van der Waals surface area contributed by atoms with Gasteiger partial charge >= 0.3 is 5.97 Å². The molecule has 0 spiro atoms. The topological polar surface area (TPSA) is 72.9 Å². The number of benzene rings is 2. The minimum Gasteiger partial charge on any atom is -0.490 e. The Labute approximate surface area is 141 Å². The summed E-state index contributed by atoms with van der Waals surface area (Å²) in [5.41, 5.74) is 0.285. The SMILES string of the molecule is CN(C)S(=O)(=O)c1ccc(C(=O)OCCOc2ccccc2)cc1. The van der Waals surface area contributed by atoms with E-state index in [1.165, 1.54) is 38.4 Å². The highest BCUT2D eigenvalue weighted by molar-refractivity contribution is 7.89. The van der Waals surface area contributed by atoms with Gasteiger partial charge in [0, 0.05) is 14.1 Å². The first-order valence-electron chi connectivity index (χ1n) is 7.29. The zero-order chi connectivity index (χ0) is 17.6. The van der Waals surface area contributed by atoms with Gasteiger partial charge in [0.05, 0.1) is 10.5 Å². The second-order valence-corrected chi connectivity index (χ2v) is 7.26. The highest BCUT2D eigenvalue weighted by atomic mass is 32.2. The van der Waals surface area contributed by atoms with Gasteiger partial charge < -0.3 is 9.47 Å². The molecule has 2 aromatic rings. The summed E-state index contributed by atoms with van der Waals surface area (Å²) < 4.78 is 35.5. The minimum atomic E-state index is -3.51. The third-order valence-electron chi connectivity index (χ3n) is 3.20. The molecule has 0 fully saturated rings. The quantitative estimate of drug-likeness (QED) is 0.566. The van der Waals surface area contributed by atoms with Crippen LogP contribution in [-0.2, 0) is 14.8 Å². The Hall–Kier alpha value is -2.38. The molecule has 0 atom stereocenters. The van der Waals surface area contributed by atoms with Crippen LogP contribution >= 0.6 is 0 Å². The summed E-state index contributed by atoms with van der Waals surface area (Å²) in [6, 6.07) is 14.8. The van der Waals surface area contributed by atoms with E-state index in [1.54, 1.807) is 0 Å². The van der Waals surface area contributed by atoms with Crippen LogP contribution in [0.3, 0.4) is 0 Å². The molecule has 0 aliphatic rings. The van der Waals surface area contributed by atoms with Crippen LogP contribution < -0.4 is 4.74 Å². The van der Waals surface area contributed by atoms with E-state index >= 15 is 0 Å². The molecule has 0 amide bonds. The molecule has 0 saturated heterocycles. The number of ether oxygens (including phenoxy) is 2. The van der Waals surface area contributed by atoms with Crippen LogP contribution in [0.5, 0.6) is 5.75 Å². The van der Waals surface area contributed by atoms with Crippen molar-refractivity contribution in [3.05, 3.63) is 60.2 Å². The number of sulfonamides is 1. The number of nitrogens with zero attached hydrogens (tertiary/aromatic N) is 1. The van der Waals surface area contributed by atoms with Crippen molar-refractivity contribution in [3.63, 3.8) is 0 Å². The third-order valence-corrected chi connectivity index (χ3v) is 5.03. The van der Waals surface area contributed by atoms with E-state index in [-0.39, 0.29) is 23.7 Å². The van der Waals surface area contributed by atoms with E-state index in [1.807, 2.05) is 30.3 Å². The van der Waals surface area contributed by atoms with Gasteiger partial charge in [-0.2, -0.15) is 0 Å². The number of esters is 1. The predicted octanol–water partition coefficient (Wildman–Crippen LogP) is 2.17. The van der Waals surface area contributed by atoms with Crippen molar-refractivity contribution >= 4 is 16.0 Å². The number of para-hydroxylation sites is 1. The number of hydrogen-bond donors (Lipinski definition) is 0. The van der Waals surface area contributed by atoms with Gasteiger partial charge in [-0.15, -0.1) is 0 Å². The average Bonchev–Trinajstić information content (AvgIpc) is 2.59. The molecular formula is C17H19NO5S. The van der Waals surface area contributed by atoms with Crippen molar-refractivity contribution in [1.29, 1.82) is 0 Å². The Morgan fingerprint density at radius 1 is 0.958 bits per heavy atom. The molecule has 0 N–H and O–H groups in total. The van der Waals surface area contributed by atoms with Crippen molar-refractivity contribution < 1.29 is 22.7 Å². The summed E-state index contributed by atoms with van der Waals surface area (Å²) in [6.07, 6.45) is 0. The maximum Gasteiger partial charge on any atom is 0.338 e. The van der Waals surface area contributed by atoms with E-state index in [9.17, 15) is 13.2 Å². The van der Waals surface area contributed by atoms with Crippen molar-refractivity contribution in [2.24, 2.45) is 0 Å². The number of carbonyl (C=O) groups is 1. The van der Waals surface area contributed by atoms with Crippen LogP contribution in [-0.4, -0.2) is 46.0 Å². The van der Waals surface area contributed by atoms with Crippen LogP contribution in [0.15, 0.2) is 59.5 Å². The lowest BCUT2D eigenvalue weighted by Crippen LogP contribution is -2.22. The first-order chi connectivity index (χ1) is 11.4. The van der Waals surface area contributed by atoms with Gasteiger partial charge in [-0.3, -0.25) is 0 Å². The van der Waals surface area contributed by atoms with Gasteiger partial charge in [0.15, 0.2) is 0 Å². The monoisotopic (exact) mass is 349 g/mol. The Balaban J connectivity index is 1.87. The lowest BCUT2D eigenvalue weighted by Gasteiger charge is -2.11. The van der Waals surface area contributed by atoms with E-state index in [0.717, 1.165) is 4.31 Å². The first-order valence-corrected chi connectivity index (χ1v) is 8.73. The Kier molecular flexibility index (Phi) is 5.94. The Morgan fingerprint density at radius 2 is 1.58 bits per heavy atom. The number of rotatable bonds is 7. The maximum absolute atomic E-state index is 12.0. The summed E-state index contributed by atoms with van der Waals surface area (Å²) >= 11 is 0. The molecule has 0 radical (unpaired) electrons. The minimum absolute atomic E-state index is 0.103. The summed E-state index contributed by atoms with van der Waals surface area (Å²) in [5.74, 6) is 0.173. The number of carbonyl (C=O) groups excluding carboxylic acids is 1. The molecule has 2 aromatic carbocycles. The molecule has 0 aliphatic carbocycles. The zero-order valence-electron chi connectivity index (χ0n) is 13.5. The predicted molar refractivity (Wildman–Crippen MR) is 89.5 cm³/mol. The van der Waals surface area contributed by atoms with Crippen LogP contribution in [0.1, 0.15) is 10.4 Å². The number of hydrogen-bond acceptors (Lipinski definition) is 5. The van der Waals surface area contributed by atoms with E-state index < -0.39 is 16.0 Å². The molecule has 0 unspecified atom stereocenters. The molecule has 128 valence electrons. The van der Waals surface area contributed by atoms with Crippen molar-refractivity contribution in [2.75, 3.05) is 27.3 Å². The lowest BCUT2D eigenvalue weighted by molar-refractivity contribution is 0.0450. The van der Waals surface area contributed by atoms with E-state index in [0.29, 0.717) is 5.75 Å². The highest BCUT2D eigenvalue weighted by Crippen LogP contribution is 2.14. The molecule has 0 aromatic heterocycles. The third kappa shape index (κ3) is 4.56. The molecule has 0 saturated carbocycles. The lowest BCUT2D eigenvalue weighted by atomic mass is 10.2. The fraction of sp³-hybridized carbons (Fsp3) is 0.235. The van der Waals surface area contributed by atoms with Crippen LogP contribution in [0.4, 0.5) is 0 Å². The average molecular weight is 349 g/mol. The largest absolute Gasteiger partial charge is 0.490 e. The van der Waals surface area contributed by atoms with Crippen molar-refractivity contribution in [1.82, 2.24) is 4.31 Å². The summed E-state index contributed by atoms with van der Waals surface area (Å²) in [6.45, 7) is 0.342. The molecular weight excluding hydrogens is 330 g/mol. The smallest absolute Gasteiger partial charge is 0.338 e.